The number of halogens is 1. The van der Waals surface area contributed by atoms with Gasteiger partial charge in [0.15, 0.2) is 9.84 Å². The first kappa shape index (κ1) is 15.4. The second-order valence-corrected chi connectivity index (χ2v) is 8.65. The Morgan fingerprint density at radius 1 is 1.41 bits per heavy atom. The third-order valence-electron chi connectivity index (χ3n) is 3.63. The van der Waals surface area contributed by atoms with Gasteiger partial charge in [-0.2, -0.15) is 0 Å². The van der Waals surface area contributed by atoms with Gasteiger partial charge in [0.2, 0.25) is 0 Å². The lowest BCUT2D eigenvalue weighted by Crippen LogP contribution is -2.29. The molecule has 0 amide bonds. The summed E-state index contributed by atoms with van der Waals surface area (Å²) in [5.74, 6) is -0.179. The molecule has 0 aliphatic carbocycles. The van der Waals surface area contributed by atoms with Crippen molar-refractivity contribution in [3.63, 3.8) is 0 Å². The van der Waals surface area contributed by atoms with Crippen LogP contribution in [-0.2, 0) is 28.6 Å². The fourth-order valence-electron chi connectivity index (χ4n) is 2.73. The van der Waals surface area contributed by atoms with Crippen LogP contribution in [0.3, 0.4) is 0 Å². The van der Waals surface area contributed by atoms with Crippen LogP contribution in [0.2, 0.25) is 0 Å². The van der Waals surface area contributed by atoms with Crippen molar-refractivity contribution >= 4 is 26.9 Å². The molecule has 1 aromatic carbocycles. The second-order valence-electron chi connectivity index (χ2n) is 5.57. The average Bonchev–Trinajstić information content (AvgIpc) is 2.85. The summed E-state index contributed by atoms with van der Waals surface area (Å²) in [7, 11) is -3.07. The van der Waals surface area contributed by atoms with Gasteiger partial charge in [-0.25, -0.2) is 17.8 Å². The molecule has 0 bridgehead atoms. The Morgan fingerprint density at radius 3 is 3.00 bits per heavy atom. The summed E-state index contributed by atoms with van der Waals surface area (Å²) >= 11 is 1.36. The molecule has 7 heteroatoms. The van der Waals surface area contributed by atoms with Crippen molar-refractivity contribution in [1.29, 1.82) is 0 Å². The molecule has 2 aromatic rings. The quantitative estimate of drug-likeness (QED) is 0.859. The molecule has 0 spiro atoms. The topological polar surface area (TPSA) is 50.3 Å². The normalized spacial score (nSPS) is 14.9. The molecule has 2 heterocycles. The molecular weight excluding hydrogens is 323 g/mol. The lowest BCUT2D eigenvalue weighted by Gasteiger charge is -2.30. The zero-order valence-corrected chi connectivity index (χ0v) is 13.9. The van der Waals surface area contributed by atoms with E-state index < -0.39 is 9.84 Å². The number of rotatable bonds is 4. The van der Waals surface area contributed by atoms with Gasteiger partial charge in [0.05, 0.1) is 12.2 Å². The number of aromatic nitrogens is 1. The first-order chi connectivity index (χ1) is 10.4. The van der Waals surface area contributed by atoms with Gasteiger partial charge in [0.1, 0.15) is 16.6 Å². The molecule has 0 atom stereocenters. The van der Waals surface area contributed by atoms with E-state index in [0.29, 0.717) is 11.6 Å². The van der Waals surface area contributed by atoms with Gasteiger partial charge < -0.3 is 4.90 Å². The van der Waals surface area contributed by atoms with Gasteiger partial charge >= 0.3 is 0 Å². The third kappa shape index (κ3) is 3.47. The van der Waals surface area contributed by atoms with Crippen LogP contribution in [0.25, 0.3) is 0 Å². The summed E-state index contributed by atoms with van der Waals surface area (Å²) in [5, 5.41) is 2.49. The van der Waals surface area contributed by atoms with Gasteiger partial charge in [0.25, 0.3) is 0 Å². The molecule has 0 saturated carbocycles. The van der Waals surface area contributed by atoms with Crippen molar-refractivity contribution in [1.82, 2.24) is 4.98 Å². The van der Waals surface area contributed by atoms with Crippen molar-refractivity contribution in [2.75, 3.05) is 17.7 Å². The van der Waals surface area contributed by atoms with Gasteiger partial charge in [-0.05, 0) is 25.0 Å². The molecule has 118 valence electrons. The first-order valence-electron chi connectivity index (χ1n) is 7.06. The van der Waals surface area contributed by atoms with E-state index in [1.54, 1.807) is 6.07 Å². The van der Waals surface area contributed by atoms with E-state index in [9.17, 15) is 12.8 Å². The van der Waals surface area contributed by atoms with Crippen molar-refractivity contribution in [3.8, 4) is 0 Å². The predicted octanol–water partition coefficient (Wildman–Crippen LogP) is 2.78. The van der Waals surface area contributed by atoms with Crippen LogP contribution in [0.15, 0.2) is 23.6 Å². The molecule has 0 saturated heterocycles. The second kappa shape index (κ2) is 5.96. The van der Waals surface area contributed by atoms with Crippen LogP contribution in [0.5, 0.6) is 0 Å². The number of hydrogen-bond acceptors (Lipinski definition) is 5. The molecule has 0 N–H and O–H groups in total. The maximum absolute atomic E-state index is 13.9. The first-order valence-corrected chi connectivity index (χ1v) is 10.00. The van der Waals surface area contributed by atoms with Gasteiger partial charge in [-0.15, -0.1) is 11.3 Å². The molecule has 1 aromatic heterocycles. The summed E-state index contributed by atoms with van der Waals surface area (Å²) in [6.45, 7) is 1.44. The van der Waals surface area contributed by atoms with E-state index in [1.165, 1.54) is 23.7 Å². The van der Waals surface area contributed by atoms with Crippen LogP contribution >= 0.6 is 11.3 Å². The van der Waals surface area contributed by atoms with Crippen LogP contribution in [0, 0.1) is 5.82 Å². The summed E-state index contributed by atoms with van der Waals surface area (Å²) in [5.41, 5.74) is 2.52. The standard InChI is InChI=1S/C15H17FN2O2S2/c1-22(19,20)10-15-17-11(9-21-15)8-18-7-3-4-12-13(16)5-2-6-14(12)18/h2,5-6,9H,3-4,7-8,10H2,1H3. The maximum Gasteiger partial charge on any atom is 0.153 e. The molecule has 0 fully saturated rings. The predicted molar refractivity (Wildman–Crippen MR) is 86.4 cm³/mol. The molecular formula is C15H17FN2O2S2. The summed E-state index contributed by atoms with van der Waals surface area (Å²) in [6, 6.07) is 5.15. The number of benzene rings is 1. The van der Waals surface area contributed by atoms with E-state index in [-0.39, 0.29) is 11.6 Å². The molecule has 1 aliphatic heterocycles. The zero-order valence-electron chi connectivity index (χ0n) is 12.3. The van der Waals surface area contributed by atoms with Crippen molar-refractivity contribution in [2.24, 2.45) is 0 Å². The fraction of sp³-hybridized carbons (Fsp3) is 0.400. The molecule has 3 rings (SSSR count). The van der Waals surface area contributed by atoms with Gasteiger partial charge in [0, 0.05) is 29.4 Å². The van der Waals surface area contributed by atoms with E-state index in [2.05, 4.69) is 9.88 Å². The smallest absolute Gasteiger partial charge is 0.153 e. The Bertz CT molecular complexity index is 787. The third-order valence-corrected chi connectivity index (χ3v) is 5.51. The Hall–Kier alpha value is -1.47. The Labute approximate surface area is 133 Å². The Balaban J connectivity index is 1.79. The average molecular weight is 340 g/mol. The minimum Gasteiger partial charge on any atom is -0.365 e. The molecule has 22 heavy (non-hydrogen) atoms. The SMILES string of the molecule is CS(=O)(=O)Cc1nc(CN2CCCc3c(F)cccc32)cs1. The molecule has 0 unspecified atom stereocenters. The van der Waals surface area contributed by atoms with E-state index in [1.807, 2.05) is 11.4 Å². The highest BCUT2D eigenvalue weighted by Crippen LogP contribution is 2.30. The highest BCUT2D eigenvalue weighted by atomic mass is 32.2. The van der Waals surface area contributed by atoms with E-state index in [0.717, 1.165) is 36.3 Å². The number of anilines is 1. The summed E-state index contributed by atoms with van der Waals surface area (Å²) in [6.07, 6.45) is 2.88. The number of sulfone groups is 1. The van der Waals surface area contributed by atoms with Gasteiger partial charge in [-0.1, -0.05) is 6.07 Å². The number of hydrogen-bond donors (Lipinski definition) is 0. The van der Waals surface area contributed by atoms with E-state index >= 15 is 0 Å². The number of fused-ring (bicyclic) bond motifs is 1. The number of nitrogens with zero attached hydrogens (tertiary/aromatic N) is 2. The summed E-state index contributed by atoms with van der Waals surface area (Å²) in [4.78, 5) is 6.50. The minimum absolute atomic E-state index is 0.0249. The molecule has 1 aliphatic rings. The number of thiazole rings is 1. The highest BCUT2D eigenvalue weighted by molar-refractivity contribution is 7.90. The van der Waals surface area contributed by atoms with Crippen LogP contribution in [0.4, 0.5) is 10.1 Å². The van der Waals surface area contributed by atoms with Crippen molar-refractivity contribution < 1.29 is 12.8 Å². The van der Waals surface area contributed by atoms with Crippen molar-refractivity contribution in [3.05, 3.63) is 45.7 Å². The Morgan fingerprint density at radius 2 is 2.23 bits per heavy atom. The monoisotopic (exact) mass is 340 g/mol. The summed E-state index contributed by atoms with van der Waals surface area (Å²) < 4.78 is 36.5. The molecule has 4 nitrogen and oxygen atoms in total. The van der Waals surface area contributed by atoms with Crippen LogP contribution in [-0.4, -0.2) is 26.2 Å². The van der Waals surface area contributed by atoms with Crippen LogP contribution in [0.1, 0.15) is 22.7 Å². The largest absolute Gasteiger partial charge is 0.365 e. The minimum atomic E-state index is -3.07. The lowest BCUT2D eigenvalue weighted by atomic mass is 10.0. The van der Waals surface area contributed by atoms with Crippen LogP contribution < -0.4 is 4.90 Å². The van der Waals surface area contributed by atoms with Gasteiger partial charge in [-0.3, -0.25) is 0 Å². The maximum atomic E-state index is 13.9. The zero-order chi connectivity index (χ0) is 15.7. The van der Waals surface area contributed by atoms with Crippen molar-refractivity contribution in [2.45, 2.75) is 25.1 Å². The molecule has 0 radical (unpaired) electrons. The van der Waals surface area contributed by atoms with E-state index in [4.69, 9.17) is 0 Å². The highest BCUT2D eigenvalue weighted by Gasteiger charge is 2.20. The lowest BCUT2D eigenvalue weighted by molar-refractivity contribution is 0.586. The fourth-order valence-corrected chi connectivity index (χ4v) is 4.73. The Kier molecular flexibility index (Phi) is 4.18.